The first-order valence-electron chi connectivity index (χ1n) is 16.0. The minimum absolute atomic E-state index is 0.00207. The van der Waals surface area contributed by atoms with Crippen LogP contribution < -0.4 is 5.73 Å². The zero-order valence-corrected chi connectivity index (χ0v) is 26.9. The highest BCUT2D eigenvalue weighted by atomic mass is 32.2. The summed E-state index contributed by atoms with van der Waals surface area (Å²) in [5.74, 6) is 3.33. The van der Waals surface area contributed by atoms with Crippen LogP contribution in [0.4, 0.5) is 0 Å². The Balaban J connectivity index is 1.39. The Morgan fingerprint density at radius 3 is 2.27 bits per heavy atom. The van der Waals surface area contributed by atoms with Crippen LogP contribution in [0, 0.1) is 56.2 Å². The van der Waals surface area contributed by atoms with Gasteiger partial charge >= 0.3 is 0 Å². The van der Waals surface area contributed by atoms with E-state index in [2.05, 4.69) is 78.8 Å². The van der Waals surface area contributed by atoms with Crippen molar-refractivity contribution in [3.63, 3.8) is 0 Å². The van der Waals surface area contributed by atoms with Gasteiger partial charge < -0.3 is 10.8 Å². The molecule has 5 aliphatic rings. The number of hydrogen-bond donors (Lipinski definition) is 2. The number of hydrogen-bond acceptors (Lipinski definition) is 4. The first-order valence-corrected chi connectivity index (χ1v) is 17.0. The highest BCUT2D eigenvalue weighted by molar-refractivity contribution is 7.99. The molecule has 0 aromatic heterocycles. The van der Waals surface area contributed by atoms with E-state index in [4.69, 9.17) is 5.73 Å². The zero-order chi connectivity index (χ0) is 28.9. The quantitative estimate of drug-likeness (QED) is 0.360. The lowest BCUT2D eigenvalue weighted by Crippen LogP contribution is -2.68. The molecule has 4 fully saturated rings. The third-order valence-corrected chi connectivity index (χ3v) is 15.4. The molecule has 0 amide bonds. The number of nitrogens with two attached hydrogens (primary N) is 1. The van der Waals surface area contributed by atoms with Crippen molar-refractivity contribution in [3.05, 3.63) is 41.8 Å². The molecule has 4 saturated carbocycles. The Bertz CT molecular complexity index is 1220. The van der Waals surface area contributed by atoms with E-state index < -0.39 is 0 Å². The molecule has 4 heteroatoms. The van der Waals surface area contributed by atoms with E-state index in [1.165, 1.54) is 30.6 Å². The van der Waals surface area contributed by atoms with E-state index in [1.807, 2.05) is 11.8 Å². The van der Waals surface area contributed by atoms with Crippen molar-refractivity contribution in [2.75, 3.05) is 5.75 Å². The average molecular weight is 564 g/mol. The lowest BCUT2D eigenvalue weighted by molar-refractivity contribution is -0.229. The monoisotopic (exact) mass is 563 g/mol. The van der Waals surface area contributed by atoms with Crippen LogP contribution in [0.1, 0.15) is 106 Å². The lowest BCUT2D eigenvalue weighted by atomic mass is 9.31. The van der Waals surface area contributed by atoms with Crippen LogP contribution in [0.15, 0.2) is 46.7 Å². The van der Waals surface area contributed by atoms with Crippen molar-refractivity contribution >= 4 is 17.5 Å². The number of carbonyl (C=O) groups excluding carboxylic acids is 1. The maximum absolute atomic E-state index is 14.7. The van der Waals surface area contributed by atoms with Crippen molar-refractivity contribution in [3.8, 4) is 0 Å². The van der Waals surface area contributed by atoms with Crippen molar-refractivity contribution in [1.29, 1.82) is 0 Å². The molecule has 0 aliphatic heterocycles. The fourth-order valence-electron chi connectivity index (χ4n) is 11.7. The van der Waals surface area contributed by atoms with E-state index in [1.54, 1.807) is 0 Å². The summed E-state index contributed by atoms with van der Waals surface area (Å²) in [6.45, 7) is 16.8. The number of benzene rings is 1. The molecule has 0 saturated heterocycles. The van der Waals surface area contributed by atoms with E-state index in [9.17, 15) is 9.90 Å². The molecular formula is C36H53NO2S. The maximum Gasteiger partial charge on any atom is 0.137 e. The summed E-state index contributed by atoms with van der Waals surface area (Å²) in [5, 5.41) is 11.0. The first kappa shape index (κ1) is 28.7. The van der Waals surface area contributed by atoms with Gasteiger partial charge in [-0.1, -0.05) is 66.7 Å². The van der Waals surface area contributed by atoms with E-state index in [0.717, 1.165) is 31.4 Å². The Morgan fingerprint density at radius 1 is 0.900 bits per heavy atom. The fraction of sp³-hybridized carbons (Fsp3) is 0.750. The summed E-state index contributed by atoms with van der Waals surface area (Å²) in [6, 6.07) is 10.9. The van der Waals surface area contributed by atoms with Crippen molar-refractivity contribution in [1.82, 2.24) is 0 Å². The van der Waals surface area contributed by atoms with Gasteiger partial charge in [0.2, 0.25) is 0 Å². The average Bonchev–Trinajstić information content (AvgIpc) is 2.88. The molecule has 1 aromatic rings. The fourth-order valence-corrected chi connectivity index (χ4v) is 13.0. The van der Waals surface area contributed by atoms with Gasteiger partial charge in [0.05, 0.1) is 0 Å². The van der Waals surface area contributed by atoms with Crippen LogP contribution in [0.25, 0.3) is 0 Å². The first-order chi connectivity index (χ1) is 18.6. The summed E-state index contributed by atoms with van der Waals surface area (Å²) in [4.78, 5) is 16.1. The molecule has 3 N–H and O–H groups in total. The molecule has 0 bridgehead atoms. The second-order valence-corrected chi connectivity index (χ2v) is 17.9. The van der Waals surface area contributed by atoms with Gasteiger partial charge in [0, 0.05) is 34.1 Å². The molecule has 1 aromatic carbocycles. The Kier molecular flexibility index (Phi) is 6.48. The molecule has 0 heterocycles. The van der Waals surface area contributed by atoms with E-state index in [-0.39, 0.29) is 38.4 Å². The topological polar surface area (TPSA) is 63.3 Å². The van der Waals surface area contributed by atoms with Gasteiger partial charge in [-0.05, 0) is 108 Å². The minimum Gasteiger partial charge on any atom is -0.510 e. The molecule has 0 spiro atoms. The normalized spacial score (nSPS) is 45.6. The van der Waals surface area contributed by atoms with Gasteiger partial charge in [0.15, 0.2) is 0 Å². The second-order valence-electron chi connectivity index (χ2n) is 16.8. The van der Waals surface area contributed by atoms with Gasteiger partial charge in [-0.2, -0.15) is 0 Å². The van der Waals surface area contributed by atoms with Crippen molar-refractivity contribution in [2.24, 2.45) is 61.9 Å². The molecule has 8 atom stereocenters. The predicted molar refractivity (Wildman–Crippen MR) is 166 cm³/mol. The standard InChI is InChI=1S/C36H53NO2S/c1-31(2)15-17-36(22-40-23-11-9-8-10-12-23)18-16-35(7)29(24(36)20-31)26(38)19-28-33(5)21-25(37)30(39)32(3,4)27(33)13-14-34(28,35)6/h8-12,24,27-29,39H,13-22,37H2,1-7H3/t24-,27-,28+,29-,33-,34+,35+,36+/m0/s1. The molecule has 3 nitrogen and oxygen atoms in total. The minimum atomic E-state index is -0.344. The summed E-state index contributed by atoms with van der Waals surface area (Å²) in [6.07, 6.45) is 9.74. The number of rotatable bonds is 3. The largest absolute Gasteiger partial charge is 0.510 e. The van der Waals surface area contributed by atoms with Crippen molar-refractivity contribution < 1.29 is 9.90 Å². The van der Waals surface area contributed by atoms with Gasteiger partial charge in [0.1, 0.15) is 11.5 Å². The van der Waals surface area contributed by atoms with E-state index >= 15 is 0 Å². The number of Topliss-reactive ketones (excluding diaryl/α,β-unsaturated/α-hetero) is 1. The predicted octanol–water partition coefficient (Wildman–Crippen LogP) is 9.18. The number of carbonyl (C=O) groups is 1. The van der Waals surface area contributed by atoms with Crippen LogP contribution >= 0.6 is 11.8 Å². The summed E-state index contributed by atoms with van der Waals surface area (Å²) in [7, 11) is 0. The molecule has 40 heavy (non-hydrogen) atoms. The molecular weight excluding hydrogens is 510 g/mol. The van der Waals surface area contributed by atoms with Gasteiger partial charge in [-0.3, -0.25) is 4.79 Å². The van der Waals surface area contributed by atoms with E-state index in [0.29, 0.717) is 41.4 Å². The number of allylic oxidation sites excluding steroid dienone is 2. The van der Waals surface area contributed by atoms with Crippen LogP contribution in [-0.2, 0) is 4.79 Å². The molecule has 5 aliphatic carbocycles. The molecule has 6 rings (SSSR count). The second kappa shape index (κ2) is 9.04. The highest BCUT2D eigenvalue weighted by Crippen LogP contribution is 2.76. The Hall–Kier alpha value is -1.42. The van der Waals surface area contributed by atoms with Crippen molar-refractivity contribution in [2.45, 2.75) is 111 Å². The van der Waals surface area contributed by atoms with Gasteiger partial charge in [0.25, 0.3) is 0 Å². The lowest BCUT2D eigenvalue weighted by Gasteiger charge is -2.72. The Morgan fingerprint density at radius 2 is 1.57 bits per heavy atom. The smallest absolute Gasteiger partial charge is 0.137 e. The summed E-state index contributed by atoms with van der Waals surface area (Å²) < 4.78 is 0. The number of aliphatic hydroxyl groups excluding tert-OH is 1. The number of thioether (sulfide) groups is 1. The summed E-state index contributed by atoms with van der Waals surface area (Å²) in [5.41, 5.74) is 7.44. The van der Waals surface area contributed by atoms with Gasteiger partial charge in [-0.25, -0.2) is 0 Å². The summed E-state index contributed by atoms with van der Waals surface area (Å²) >= 11 is 2.03. The number of ketones is 1. The third-order valence-electron chi connectivity index (χ3n) is 14.1. The van der Waals surface area contributed by atoms with Crippen LogP contribution in [-0.4, -0.2) is 16.6 Å². The third kappa shape index (κ3) is 3.86. The SMILES string of the molecule is CC1(C)CC[C@]2(CSc3ccccc3)CC[C@]3(C)[C@H](C(=O)C[C@@H]4[C@@]5(C)CC(N)=C(O)C(C)(C)[C@@H]5CC[C@]43C)[C@@H]2C1. The zero-order valence-electron chi connectivity index (χ0n) is 26.1. The molecule has 220 valence electrons. The van der Waals surface area contributed by atoms with Crippen LogP contribution in [0.2, 0.25) is 0 Å². The maximum atomic E-state index is 14.7. The molecule has 0 radical (unpaired) electrons. The molecule has 0 unspecified atom stereocenters. The van der Waals surface area contributed by atoms with Crippen LogP contribution in [0.5, 0.6) is 0 Å². The van der Waals surface area contributed by atoms with Gasteiger partial charge in [-0.15, -0.1) is 11.8 Å². The highest BCUT2D eigenvalue weighted by Gasteiger charge is 2.72. The Labute approximate surface area is 247 Å². The van der Waals surface area contributed by atoms with Crippen LogP contribution in [0.3, 0.4) is 0 Å². The number of aliphatic hydroxyl groups is 1. The number of fused-ring (bicyclic) bond motifs is 7.